The summed E-state index contributed by atoms with van der Waals surface area (Å²) in [6.45, 7) is 9.35. The maximum Gasteiger partial charge on any atom is 0.336 e. The highest BCUT2D eigenvalue weighted by molar-refractivity contribution is 5.92. The Hall–Kier alpha value is -2.91. The highest BCUT2D eigenvalue weighted by atomic mass is 16.6. The molecule has 2 rings (SSSR count). The van der Waals surface area contributed by atoms with E-state index in [9.17, 15) is 29.7 Å². The zero-order chi connectivity index (χ0) is 23.3. The first-order valence-corrected chi connectivity index (χ1v) is 9.84. The molecular formula is C22H28O9. The Morgan fingerprint density at radius 2 is 2.03 bits per heavy atom. The molecule has 1 saturated heterocycles. The number of aliphatic hydroxyl groups excluding tert-OH is 3. The fraction of sp³-hybridized carbons (Fsp3) is 0.500. The highest BCUT2D eigenvalue weighted by Crippen LogP contribution is 2.37. The molecule has 0 aromatic rings. The second-order valence-electron chi connectivity index (χ2n) is 7.62. The van der Waals surface area contributed by atoms with Crippen LogP contribution in [0, 0.1) is 5.92 Å². The molecule has 1 heterocycles. The summed E-state index contributed by atoms with van der Waals surface area (Å²) in [6.07, 6.45) is -0.945. The minimum absolute atomic E-state index is 0.0865. The number of ether oxygens (including phenoxy) is 3. The van der Waals surface area contributed by atoms with Gasteiger partial charge in [0.15, 0.2) is 0 Å². The fourth-order valence-electron chi connectivity index (χ4n) is 3.43. The Balaban J connectivity index is 2.32. The van der Waals surface area contributed by atoms with Gasteiger partial charge in [-0.2, -0.15) is 0 Å². The molecule has 1 aliphatic heterocycles. The van der Waals surface area contributed by atoms with Gasteiger partial charge in [-0.15, -0.1) is 0 Å². The molecule has 4 atom stereocenters. The van der Waals surface area contributed by atoms with Gasteiger partial charge in [0.05, 0.1) is 23.9 Å². The van der Waals surface area contributed by atoms with E-state index in [0.717, 1.165) is 6.92 Å². The molecule has 0 aromatic heterocycles. The van der Waals surface area contributed by atoms with Crippen molar-refractivity contribution in [3.63, 3.8) is 0 Å². The van der Waals surface area contributed by atoms with E-state index in [0.29, 0.717) is 17.6 Å². The number of hydrogen-bond donors (Lipinski definition) is 3. The lowest BCUT2D eigenvalue weighted by atomic mass is 9.85. The summed E-state index contributed by atoms with van der Waals surface area (Å²) in [5.74, 6) is -2.91. The van der Waals surface area contributed by atoms with E-state index in [2.05, 4.69) is 17.9 Å². The van der Waals surface area contributed by atoms with Crippen LogP contribution >= 0.6 is 0 Å². The lowest BCUT2D eigenvalue weighted by molar-refractivity contribution is -0.151. The van der Waals surface area contributed by atoms with Crippen LogP contribution in [0.4, 0.5) is 0 Å². The summed E-state index contributed by atoms with van der Waals surface area (Å²) in [5, 5.41) is 30.0. The summed E-state index contributed by atoms with van der Waals surface area (Å²) in [4.78, 5) is 35.7. The Bertz CT molecular complexity index is 836. The van der Waals surface area contributed by atoms with Crippen molar-refractivity contribution in [2.75, 3.05) is 13.2 Å². The van der Waals surface area contributed by atoms with Crippen LogP contribution in [-0.2, 0) is 28.6 Å². The van der Waals surface area contributed by atoms with Crippen LogP contribution in [0.3, 0.4) is 0 Å². The van der Waals surface area contributed by atoms with E-state index in [1.807, 2.05) is 0 Å². The quantitative estimate of drug-likeness (QED) is 0.244. The number of aliphatic hydroxyl groups is 3. The van der Waals surface area contributed by atoms with Gasteiger partial charge < -0.3 is 29.5 Å². The number of hydrogen-bond acceptors (Lipinski definition) is 9. The van der Waals surface area contributed by atoms with Crippen molar-refractivity contribution in [3.05, 3.63) is 47.3 Å². The van der Waals surface area contributed by atoms with Crippen LogP contribution in [0.5, 0.6) is 0 Å². The second-order valence-corrected chi connectivity index (χ2v) is 7.62. The first-order valence-electron chi connectivity index (χ1n) is 9.84. The molecule has 0 amide bonds. The third-order valence-electron chi connectivity index (χ3n) is 5.32. The van der Waals surface area contributed by atoms with Crippen molar-refractivity contribution in [1.29, 1.82) is 0 Å². The number of carbonyl (C=O) groups is 3. The molecular weight excluding hydrogens is 408 g/mol. The Labute approximate surface area is 180 Å². The van der Waals surface area contributed by atoms with Gasteiger partial charge >= 0.3 is 17.9 Å². The molecule has 0 bridgehead atoms. The van der Waals surface area contributed by atoms with Gasteiger partial charge in [-0.05, 0) is 30.6 Å². The zero-order valence-electron chi connectivity index (χ0n) is 17.6. The molecule has 9 heteroatoms. The molecule has 1 fully saturated rings. The van der Waals surface area contributed by atoms with Gasteiger partial charge in [0.25, 0.3) is 0 Å². The first kappa shape index (κ1) is 24.4. The molecule has 170 valence electrons. The van der Waals surface area contributed by atoms with Crippen molar-refractivity contribution in [2.45, 2.75) is 51.4 Å². The molecule has 0 spiro atoms. The summed E-state index contributed by atoms with van der Waals surface area (Å²) < 4.78 is 15.6. The van der Waals surface area contributed by atoms with Crippen LogP contribution in [0.2, 0.25) is 0 Å². The summed E-state index contributed by atoms with van der Waals surface area (Å²) in [5.41, 5.74) is 0.859. The topological polar surface area (TPSA) is 140 Å². The maximum absolute atomic E-state index is 12.6. The smallest absolute Gasteiger partial charge is 0.336 e. The number of rotatable bonds is 6. The highest BCUT2D eigenvalue weighted by Gasteiger charge is 2.45. The lowest BCUT2D eigenvalue weighted by Crippen LogP contribution is -2.35. The lowest BCUT2D eigenvalue weighted by Gasteiger charge is -2.28. The van der Waals surface area contributed by atoms with E-state index in [-0.39, 0.29) is 36.4 Å². The van der Waals surface area contributed by atoms with Crippen LogP contribution < -0.4 is 0 Å². The van der Waals surface area contributed by atoms with Crippen molar-refractivity contribution < 1.29 is 43.9 Å². The molecule has 1 aliphatic carbocycles. The van der Waals surface area contributed by atoms with Crippen LogP contribution in [0.15, 0.2) is 47.3 Å². The van der Waals surface area contributed by atoms with Gasteiger partial charge in [0, 0.05) is 25.3 Å². The second kappa shape index (κ2) is 10.4. The SMILES string of the molecule is C=C1C(=O)O[C@@H]2/C=C(\CO)CCC(O)=C(C)C[C@H](OC(=O)C(=C)[C@@H](O)COC(C)=O)[C@@H]12. The van der Waals surface area contributed by atoms with Gasteiger partial charge in [0.2, 0.25) is 0 Å². The van der Waals surface area contributed by atoms with E-state index in [1.165, 1.54) is 0 Å². The Morgan fingerprint density at radius 1 is 1.35 bits per heavy atom. The summed E-state index contributed by atoms with van der Waals surface area (Å²) in [7, 11) is 0. The maximum atomic E-state index is 12.6. The van der Waals surface area contributed by atoms with Crippen LogP contribution in [0.1, 0.15) is 33.1 Å². The molecule has 0 aromatic carbocycles. The average molecular weight is 436 g/mol. The molecule has 0 radical (unpaired) electrons. The largest absolute Gasteiger partial charge is 0.512 e. The summed E-state index contributed by atoms with van der Waals surface area (Å²) >= 11 is 0. The predicted octanol–water partition coefficient (Wildman–Crippen LogP) is 1.41. The monoisotopic (exact) mass is 436 g/mol. The number of allylic oxidation sites excluding steroid dienone is 1. The Morgan fingerprint density at radius 3 is 2.65 bits per heavy atom. The van der Waals surface area contributed by atoms with Crippen molar-refractivity contribution in [1.82, 2.24) is 0 Å². The van der Waals surface area contributed by atoms with E-state index in [4.69, 9.17) is 9.47 Å². The fourth-order valence-corrected chi connectivity index (χ4v) is 3.43. The summed E-state index contributed by atoms with van der Waals surface area (Å²) in [6, 6.07) is 0. The van der Waals surface area contributed by atoms with E-state index >= 15 is 0 Å². The van der Waals surface area contributed by atoms with Gasteiger partial charge in [-0.25, -0.2) is 9.59 Å². The van der Waals surface area contributed by atoms with Crippen LogP contribution in [-0.4, -0.2) is 64.8 Å². The predicted molar refractivity (Wildman–Crippen MR) is 109 cm³/mol. The average Bonchev–Trinajstić information content (AvgIpc) is 3.00. The Kier molecular flexibility index (Phi) is 8.18. The number of esters is 3. The third kappa shape index (κ3) is 6.05. The van der Waals surface area contributed by atoms with E-state index in [1.54, 1.807) is 13.0 Å². The van der Waals surface area contributed by atoms with Gasteiger partial charge in [-0.1, -0.05) is 13.2 Å². The zero-order valence-corrected chi connectivity index (χ0v) is 17.6. The third-order valence-corrected chi connectivity index (χ3v) is 5.32. The van der Waals surface area contributed by atoms with Gasteiger partial charge in [0.1, 0.15) is 24.9 Å². The number of fused-ring (bicyclic) bond motifs is 1. The first-order chi connectivity index (χ1) is 14.5. The van der Waals surface area contributed by atoms with Crippen LogP contribution in [0.25, 0.3) is 0 Å². The van der Waals surface area contributed by atoms with E-state index < -0.39 is 48.7 Å². The standard InChI is InChI=1S/C22H28O9/c1-11-7-18(30-21(27)12(2)17(26)10-29-14(4)24)20-13(3)22(28)31-19(20)8-15(9-23)5-6-16(11)25/h8,17-20,23,25-26H,2-3,5-7,9-10H2,1,4H3/b15-8-,16-11?/t17-,18-,19+,20+/m0/s1. The molecule has 3 N–H and O–H groups in total. The van der Waals surface area contributed by atoms with Gasteiger partial charge in [-0.3, -0.25) is 4.79 Å². The minimum Gasteiger partial charge on any atom is -0.512 e. The molecule has 0 saturated carbocycles. The van der Waals surface area contributed by atoms with Crippen molar-refractivity contribution in [3.8, 4) is 0 Å². The number of carbonyl (C=O) groups excluding carboxylic acids is 3. The van der Waals surface area contributed by atoms with Crippen molar-refractivity contribution >= 4 is 17.9 Å². The molecule has 9 nitrogen and oxygen atoms in total. The molecule has 2 aliphatic rings. The van der Waals surface area contributed by atoms with Crippen molar-refractivity contribution in [2.24, 2.45) is 5.92 Å². The molecule has 31 heavy (non-hydrogen) atoms. The minimum atomic E-state index is -1.47. The molecule has 0 unspecified atom stereocenters. The normalized spacial score (nSPS) is 26.8.